The number of aromatic nitrogens is 1. The zero-order valence-electron chi connectivity index (χ0n) is 12.7. The Labute approximate surface area is 125 Å². The molecule has 1 unspecified atom stereocenters. The number of halogens is 1. The molecule has 4 heteroatoms. The van der Waals surface area contributed by atoms with Gasteiger partial charge in [-0.1, -0.05) is 25.1 Å². The van der Waals surface area contributed by atoms with Crippen LogP contribution in [0.15, 0.2) is 36.7 Å². The molecule has 1 aromatic heterocycles. The Morgan fingerprint density at radius 3 is 2.86 bits per heavy atom. The maximum Gasteiger partial charge on any atom is 0.137 e. The molecule has 1 atom stereocenters. The van der Waals surface area contributed by atoms with Crippen molar-refractivity contribution in [3.63, 3.8) is 0 Å². The third kappa shape index (κ3) is 3.58. The van der Waals surface area contributed by atoms with Crippen molar-refractivity contribution in [2.45, 2.75) is 26.3 Å². The molecule has 1 aromatic carbocycles. The summed E-state index contributed by atoms with van der Waals surface area (Å²) in [6, 6.07) is 7.13. The van der Waals surface area contributed by atoms with Gasteiger partial charge in [0.15, 0.2) is 0 Å². The molecular weight excluding hydrogens is 267 g/mol. The number of methoxy groups -OCH3 is 1. The fourth-order valence-electron chi connectivity index (χ4n) is 2.29. The highest BCUT2D eigenvalue weighted by Crippen LogP contribution is 2.27. The molecular formula is C17H21FN2O. The number of nitrogens with zero attached hydrogens (tertiary/aromatic N) is 1. The third-order valence-corrected chi connectivity index (χ3v) is 3.43. The van der Waals surface area contributed by atoms with E-state index in [2.05, 4.69) is 17.2 Å². The molecule has 112 valence electrons. The van der Waals surface area contributed by atoms with Crippen LogP contribution in [0.4, 0.5) is 4.39 Å². The predicted octanol–water partition coefficient (Wildman–Crippen LogP) is 3.63. The van der Waals surface area contributed by atoms with Gasteiger partial charge < -0.3 is 10.1 Å². The van der Waals surface area contributed by atoms with Crippen LogP contribution in [-0.4, -0.2) is 18.6 Å². The summed E-state index contributed by atoms with van der Waals surface area (Å²) in [5.74, 6) is 0.498. The summed E-state index contributed by atoms with van der Waals surface area (Å²) in [7, 11) is 1.60. The number of aryl methyl sites for hydroxylation is 1. The Hall–Kier alpha value is -1.94. The van der Waals surface area contributed by atoms with Crippen LogP contribution in [0.1, 0.15) is 36.1 Å². The van der Waals surface area contributed by atoms with Gasteiger partial charge in [-0.25, -0.2) is 4.39 Å². The maximum absolute atomic E-state index is 14.5. The first kappa shape index (κ1) is 15.4. The van der Waals surface area contributed by atoms with Gasteiger partial charge in [-0.3, -0.25) is 4.98 Å². The molecule has 0 bridgehead atoms. The minimum atomic E-state index is -0.229. The second kappa shape index (κ2) is 7.18. The zero-order chi connectivity index (χ0) is 15.2. The van der Waals surface area contributed by atoms with Gasteiger partial charge in [0.2, 0.25) is 0 Å². The highest BCUT2D eigenvalue weighted by Gasteiger charge is 2.19. The predicted molar refractivity (Wildman–Crippen MR) is 82.1 cm³/mol. The Morgan fingerprint density at radius 2 is 2.14 bits per heavy atom. The van der Waals surface area contributed by atoms with Gasteiger partial charge in [0, 0.05) is 11.8 Å². The molecule has 0 aliphatic carbocycles. The fraction of sp³-hybridized carbons (Fsp3) is 0.353. The van der Waals surface area contributed by atoms with E-state index >= 15 is 0 Å². The number of benzene rings is 1. The second-order valence-corrected chi connectivity index (χ2v) is 5.02. The fourth-order valence-corrected chi connectivity index (χ4v) is 2.29. The molecule has 1 heterocycles. The van der Waals surface area contributed by atoms with Crippen molar-refractivity contribution in [1.29, 1.82) is 0 Å². The summed E-state index contributed by atoms with van der Waals surface area (Å²) >= 11 is 0. The molecule has 21 heavy (non-hydrogen) atoms. The third-order valence-electron chi connectivity index (χ3n) is 3.43. The van der Waals surface area contributed by atoms with Crippen LogP contribution < -0.4 is 10.1 Å². The Morgan fingerprint density at radius 1 is 1.33 bits per heavy atom. The molecule has 2 aromatic rings. The molecule has 1 N–H and O–H groups in total. The topological polar surface area (TPSA) is 34.2 Å². The van der Waals surface area contributed by atoms with Gasteiger partial charge in [-0.05, 0) is 37.1 Å². The van der Waals surface area contributed by atoms with E-state index in [4.69, 9.17) is 4.74 Å². The van der Waals surface area contributed by atoms with Crippen LogP contribution in [0.5, 0.6) is 5.75 Å². The average Bonchev–Trinajstić information content (AvgIpc) is 2.52. The lowest BCUT2D eigenvalue weighted by Gasteiger charge is -2.21. The van der Waals surface area contributed by atoms with Gasteiger partial charge in [0.05, 0.1) is 19.3 Å². The van der Waals surface area contributed by atoms with E-state index in [-0.39, 0.29) is 11.9 Å². The van der Waals surface area contributed by atoms with Gasteiger partial charge in [0.25, 0.3) is 0 Å². The lowest BCUT2D eigenvalue weighted by Crippen LogP contribution is -2.24. The normalized spacial score (nSPS) is 12.2. The van der Waals surface area contributed by atoms with Crippen LogP contribution in [0, 0.1) is 12.7 Å². The molecule has 0 fully saturated rings. The Kier molecular flexibility index (Phi) is 5.28. The number of nitrogens with one attached hydrogen (secondary N) is 1. The molecule has 2 rings (SSSR count). The molecule has 3 nitrogen and oxygen atoms in total. The first-order valence-electron chi connectivity index (χ1n) is 7.14. The van der Waals surface area contributed by atoms with E-state index in [1.54, 1.807) is 32.5 Å². The largest absolute Gasteiger partial charge is 0.495 e. The monoisotopic (exact) mass is 288 g/mol. The molecule has 0 saturated heterocycles. The number of hydrogen-bond acceptors (Lipinski definition) is 3. The lowest BCUT2D eigenvalue weighted by atomic mass is 9.97. The second-order valence-electron chi connectivity index (χ2n) is 5.02. The molecule has 0 radical (unpaired) electrons. The van der Waals surface area contributed by atoms with Gasteiger partial charge in [-0.2, -0.15) is 0 Å². The molecule has 0 saturated carbocycles. The van der Waals surface area contributed by atoms with Crippen molar-refractivity contribution in [2.75, 3.05) is 13.7 Å². The zero-order valence-corrected chi connectivity index (χ0v) is 12.7. The number of rotatable bonds is 6. The summed E-state index contributed by atoms with van der Waals surface area (Å²) in [6.45, 7) is 4.66. The van der Waals surface area contributed by atoms with E-state index in [0.29, 0.717) is 16.9 Å². The van der Waals surface area contributed by atoms with E-state index in [9.17, 15) is 4.39 Å². The van der Waals surface area contributed by atoms with Gasteiger partial charge in [-0.15, -0.1) is 0 Å². The Bertz CT molecular complexity index is 601. The van der Waals surface area contributed by atoms with Crippen LogP contribution in [-0.2, 0) is 0 Å². The summed E-state index contributed by atoms with van der Waals surface area (Å²) in [5, 5.41) is 3.39. The first-order valence-corrected chi connectivity index (χ1v) is 7.14. The van der Waals surface area contributed by atoms with Crippen LogP contribution in [0.25, 0.3) is 0 Å². The summed E-state index contributed by atoms with van der Waals surface area (Å²) in [4.78, 5) is 4.17. The van der Waals surface area contributed by atoms with Crippen molar-refractivity contribution in [3.8, 4) is 5.75 Å². The SMILES string of the molecule is CCCNC(c1cncc(OC)c1)c1cccc(C)c1F. The van der Waals surface area contributed by atoms with Crippen LogP contribution in [0.2, 0.25) is 0 Å². The highest BCUT2D eigenvalue weighted by atomic mass is 19.1. The number of hydrogen-bond donors (Lipinski definition) is 1. The minimum Gasteiger partial charge on any atom is -0.495 e. The summed E-state index contributed by atoms with van der Waals surface area (Å²) < 4.78 is 19.7. The van der Waals surface area contributed by atoms with Crippen molar-refractivity contribution < 1.29 is 9.13 Å². The van der Waals surface area contributed by atoms with Crippen LogP contribution in [0.3, 0.4) is 0 Å². The number of ether oxygens (including phenoxy) is 1. The van der Waals surface area contributed by atoms with Gasteiger partial charge in [0.1, 0.15) is 11.6 Å². The molecule has 0 aliphatic rings. The first-order chi connectivity index (χ1) is 10.2. The van der Waals surface area contributed by atoms with Crippen molar-refractivity contribution in [2.24, 2.45) is 0 Å². The van der Waals surface area contributed by atoms with Crippen LogP contribution >= 0.6 is 0 Å². The van der Waals surface area contributed by atoms with Crippen molar-refractivity contribution in [3.05, 3.63) is 59.2 Å². The minimum absolute atomic E-state index is 0.172. The smallest absolute Gasteiger partial charge is 0.137 e. The van der Waals surface area contributed by atoms with Gasteiger partial charge >= 0.3 is 0 Å². The molecule has 0 amide bonds. The Balaban J connectivity index is 2.44. The highest BCUT2D eigenvalue weighted by molar-refractivity contribution is 5.36. The lowest BCUT2D eigenvalue weighted by molar-refractivity contribution is 0.411. The molecule has 0 aliphatic heterocycles. The maximum atomic E-state index is 14.5. The average molecular weight is 288 g/mol. The van der Waals surface area contributed by atoms with E-state index in [0.717, 1.165) is 18.5 Å². The van der Waals surface area contributed by atoms with Crippen molar-refractivity contribution >= 4 is 0 Å². The van der Waals surface area contributed by atoms with Crippen molar-refractivity contribution in [1.82, 2.24) is 10.3 Å². The molecule has 0 spiro atoms. The van der Waals surface area contributed by atoms with E-state index < -0.39 is 0 Å². The standard InChI is InChI=1S/C17H21FN2O/c1-4-8-20-17(13-9-14(21-3)11-19-10-13)15-7-5-6-12(2)16(15)18/h5-7,9-11,17,20H,4,8H2,1-3H3. The van der Waals surface area contributed by atoms with E-state index in [1.807, 2.05) is 18.2 Å². The van der Waals surface area contributed by atoms with E-state index in [1.165, 1.54) is 0 Å². The number of pyridine rings is 1. The summed E-state index contributed by atoms with van der Waals surface area (Å²) in [5.41, 5.74) is 2.18. The quantitative estimate of drug-likeness (QED) is 0.881. The summed E-state index contributed by atoms with van der Waals surface area (Å²) in [6.07, 6.45) is 4.37.